The summed E-state index contributed by atoms with van der Waals surface area (Å²) >= 11 is 0. The van der Waals surface area contributed by atoms with Gasteiger partial charge in [-0.05, 0) is 38.5 Å². The van der Waals surface area contributed by atoms with Crippen LogP contribution in [0.1, 0.15) is 251 Å². The number of unbranched alkanes of at least 4 members (excludes halogenated alkanes) is 31. The second-order valence-corrected chi connectivity index (χ2v) is 16.0. The molecule has 0 aliphatic rings. The van der Waals surface area contributed by atoms with Crippen molar-refractivity contribution in [2.24, 2.45) is 0 Å². The molecule has 0 aromatic rings. The van der Waals surface area contributed by atoms with Crippen LogP contribution in [0.15, 0.2) is 12.2 Å². The molecule has 0 saturated carbocycles. The van der Waals surface area contributed by atoms with Gasteiger partial charge in [-0.15, -0.1) is 0 Å². The number of carbonyl (C=O) groups is 1. The number of hydrogen-bond acceptors (Lipinski definition) is 4. The average Bonchev–Trinajstić information content (AvgIpc) is 3.12. The standard InChI is InChI=1S/C46H91NO4/c1-3-5-7-9-11-13-15-17-19-20-21-22-23-24-25-26-28-30-32-34-36-38-40-45(50)44(42-48)47-46(51)41-43(49)39-37-35-33-31-29-27-18-16-14-12-10-8-6-4-2/h27,29,43-45,48-50H,3-26,28,30-42H2,1-2H3,(H,47,51)/b29-27-. The van der Waals surface area contributed by atoms with Gasteiger partial charge in [-0.25, -0.2) is 0 Å². The van der Waals surface area contributed by atoms with Crippen LogP contribution in [0.3, 0.4) is 0 Å². The van der Waals surface area contributed by atoms with Crippen LogP contribution in [-0.4, -0.2) is 46.1 Å². The third-order valence-corrected chi connectivity index (χ3v) is 10.8. The number of amides is 1. The number of aliphatic hydroxyl groups excluding tert-OH is 3. The second kappa shape index (κ2) is 41.8. The Morgan fingerprint density at radius 3 is 1.16 bits per heavy atom. The molecule has 0 aliphatic carbocycles. The first-order chi connectivity index (χ1) is 25.0. The van der Waals surface area contributed by atoms with E-state index in [1.54, 1.807) is 0 Å². The molecule has 51 heavy (non-hydrogen) atoms. The molecule has 0 aromatic heterocycles. The molecule has 0 radical (unpaired) electrons. The number of aliphatic hydroxyl groups is 3. The summed E-state index contributed by atoms with van der Waals surface area (Å²) in [5.41, 5.74) is 0. The van der Waals surface area contributed by atoms with Crippen LogP contribution in [0.5, 0.6) is 0 Å². The van der Waals surface area contributed by atoms with E-state index in [0.29, 0.717) is 12.8 Å². The molecule has 3 atom stereocenters. The van der Waals surface area contributed by atoms with E-state index in [4.69, 9.17) is 0 Å². The summed E-state index contributed by atoms with van der Waals surface area (Å²) in [6.07, 6.45) is 49.0. The van der Waals surface area contributed by atoms with Crippen LogP contribution >= 0.6 is 0 Å². The summed E-state index contributed by atoms with van der Waals surface area (Å²) in [5, 5.41) is 33.4. The van der Waals surface area contributed by atoms with Gasteiger partial charge in [0.05, 0.1) is 31.3 Å². The van der Waals surface area contributed by atoms with Crippen LogP contribution in [0, 0.1) is 0 Å². The quantitative estimate of drug-likeness (QED) is 0.0373. The van der Waals surface area contributed by atoms with E-state index in [1.165, 1.54) is 180 Å². The van der Waals surface area contributed by atoms with Gasteiger partial charge in [0, 0.05) is 0 Å². The molecule has 0 saturated heterocycles. The molecular weight excluding hydrogens is 631 g/mol. The van der Waals surface area contributed by atoms with Crippen molar-refractivity contribution in [3.05, 3.63) is 12.2 Å². The Morgan fingerprint density at radius 2 is 0.784 bits per heavy atom. The first-order valence-electron chi connectivity index (χ1n) is 23.0. The zero-order valence-electron chi connectivity index (χ0n) is 34.5. The van der Waals surface area contributed by atoms with Gasteiger partial charge in [0.25, 0.3) is 0 Å². The third kappa shape index (κ3) is 38.6. The lowest BCUT2D eigenvalue weighted by Gasteiger charge is -2.23. The number of hydrogen-bond donors (Lipinski definition) is 4. The molecule has 0 spiro atoms. The predicted molar refractivity (Wildman–Crippen MR) is 222 cm³/mol. The molecule has 1 amide bonds. The van der Waals surface area contributed by atoms with Gasteiger partial charge >= 0.3 is 0 Å². The molecule has 3 unspecified atom stereocenters. The summed E-state index contributed by atoms with van der Waals surface area (Å²) < 4.78 is 0. The Bertz CT molecular complexity index is 713. The Hall–Kier alpha value is -0.910. The first kappa shape index (κ1) is 50.1. The van der Waals surface area contributed by atoms with Gasteiger partial charge in [0.2, 0.25) is 5.91 Å². The van der Waals surface area contributed by atoms with E-state index < -0.39 is 18.2 Å². The molecule has 0 aromatic carbocycles. The lowest BCUT2D eigenvalue weighted by molar-refractivity contribution is -0.125. The van der Waals surface area contributed by atoms with E-state index >= 15 is 0 Å². The fourth-order valence-corrected chi connectivity index (χ4v) is 7.28. The highest BCUT2D eigenvalue weighted by Crippen LogP contribution is 2.17. The predicted octanol–water partition coefficient (Wildman–Crippen LogP) is 13.2. The van der Waals surface area contributed by atoms with Gasteiger partial charge in [0.15, 0.2) is 0 Å². The fourth-order valence-electron chi connectivity index (χ4n) is 7.28. The maximum atomic E-state index is 12.4. The van der Waals surface area contributed by atoms with Crippen molar-refractivity contribution < 1.29 is 20.1 Å². The van der Waals surface area contributed by atoms with Crippen molar-refractivity contribution in [1.29, 1.82) is 0 Å². The topological polar surface area (TPSA) is 89.8 Å². The minimum Gasteiger partial charge on any atom is -0.394 e. The van der Waals surface area contributed by atoms with Crippen molar-refractivity contribution >= 4 is 5.91 Å². The lowest BCUT2D eigenvalue weighted by Crippen LogP contribution is -2.46. The zero-order valence-corrected chi connectivity index (χ0v) is 34.5. The van der Waals surface area contributed by atoms with Crippen molar-refractivity contribution in [3.8, 4) is 0 Å². The lowest BCUT2D eigenvalue weighted by atomic mass is 10.0. The minimum absolute atomic E-state index is 0.0287. The van der Waals surface area contributed by atoms with E-state index in [1.807, 2.05) is 0 Å². The van der Waals surface area contributed by atoms with Gasteiger partial charge in [-0.1, -0.05) is 219 Å². The molecule has 5 nitrogen and oxygen atoms in total. The van der Waals surface area contributed by atoms with Gasteiger partial charge in [0.1, 0.15) is 0 Å². The van der Waals surface area contributed by atoms with Crippen LogP contribution in [0.25, 0.3) is 0 Å². The number of nitrogens with one attached hydrogen (secondary N) is 1. The smallest absolute Gasteiger partial charge is 0.222 e. The summed E-state index contributed by atoms with van der Waals surface area (Å²) in [6, 6.07) is -0.660. The normalized spacial score (nSPS) is 13.6. The van der Waals surface area contributed by atoms with Crippen molar-refractivity contribution in [3.63, 3.8) is 0 Å². The van der Waals surface area contributed by atoms with Crippen LogP contribution in [0.4, 0.5) is 0 Å². The molecule has 0 heterocycles. The Kier molecular flexibility index (Phi) is 41.1. The Labute approximate surface area is 319 Å². The Balaban J connectivity index is 3.58. The molecule has 4 N–H and O–H groups in total. The SMILES string of the molecule is CCCCCCCCC/C=C\CCCCCC(O)CC(=O)NC(CO)C(O)CCCCCCCCCCCCCCCCCCCCCCCC. The van der Waals surface area contributed by atoms with E-state index in [2.05, 4.69) is 31.3 Å². The molecule has 304 valence electrons. The van der Waals surface area contributed by atoms with Gasteiger partial charge in [-0.2, -0.15) is 0 Å². The van der Waals surface area contributed by atoms with Crippen molar-refractivity contribution in [2.75, 3.05) is 6.61 Å². The molecule has 5 heteroatoms. The summed E-state index contributed by atoms with van der Waals surface area (Å²) in [6.45, 7) is 4.27. The van der Waals surface area contributed by atoms with Crippen molar-refractivity contribution in [1.82, 2.24) is 5.32 Å². The number of allylic oxidation sites excluding steroid dienone is 2. The monoisotopic (exact) mass is 722 g/mol. The van der Waals surface area contributed by atoms with E-state index in [9.17, 15) is 20.1 Å². The maximum absolute atomic E-state index is 12.4. The number of carbonyl (C=O) groups excluding carboxylic acids is 1. The highest BCUT2D eigenvalue weighted by molar-refractivity contribution is 5.76. The van der Waals surface area contributed by atoms with Crippen molar-refractivity contribution in [2.45, 2.75) is 270 Å². The summed E-state index contributed by atoms with van der Waals surface area (Å²) in [5.74, 6) is -0.289. The molecule has 0 aliphatic heterocycles. The molecule has 0 bridgehead atoms. The first-order valence-corrected chi connectivity index (χ1v) is 23.0. The molecular formula is C46H91NO4. The summed E-state index contributed by atoms with van der Waals surface area (Å²) in [7, 11) is 0. The molecule has 0 rings (SSSR count). The van der Waals surface area contributed by atoms with E-state index in [-0.39, 0.29) is 18.9 Å². The minimum atomic E-state index is -0.750. The van der Waals surface area contributed by atoms with E-state index in [0.717, 1.165) is 38.5 Å². The average molecular weight is 722 g/mol. The second-order valence-electron chi connectivity index (χ2n) is 16.0. The van der Waals surface area contributed by atoms with Crippen LogP contribution in [0.2, 0.25) is 0 Å². The Morgan fingerprint density at radius 1 is 0.471 bits per heavy atom. The van der Waals surface area contributed by atoms with Crippen LogP contribution < -0.4 is 5.32 Å². The van der Waals surface area contributed by atoms with Crippen LogP contribution in [-0.2, 0) is 4.79 Å². The number of rotatable bonds is 42. The van der Waals surface area contributed by atoms with Gasteiger partial charge < -0.3 is 20.6 Å². The maximum Gasteiger partial charge on any atom is 0.222 e. The van der Waals surface area contributed by atoms with Gasteiger partial charge in [-0.3, -0.25) is 4.79 Å². The zero-order chi connectivity index (χ0) is 37.3. The highest BCUT2D eigenvalue weighted by atomic mass is 16.3. The third-order valence-electron chi connectivity index (χ3n) is 10.8. The fraction of sp³-hybridized carbons (Fsp3) is 0.935. The highest BCUT2D eigenvalue weighted by Gasteiger charge is 2.21. The summed E-state index contributed by atoms with van der Waals surface area (Å²) in [4.78, 5) is 12.4. The largest absolute Gasteiger partial charge is 0.394 e. The molecule has 0 fully saturated rings.